The number of aromatic amines is 1. The molecule has 38 heavy (non-hydrogen) atoms. The van der Waals surface area contributed by atoms with Gasteiger partial charge in [-0.1, -0.05) is 91.0 Å². The molecule has 7 aromatic rings. The summed E-state index contributed by atoms with van der Waals surface area (Å²) in [6.07, 6.45) is 8.85. The number of fused-ring (bicyclic) bond motifs is 6. The molecule has 1 N–H and O–H groups in total. The van der Waals surface area contributed by atoms with Crippen LogP contribution in [0.1, 0.15) is 12.8 Å². The maximum atomic E-state index is 3.66. The van der Waals surface area contributed by atoms with Crippen LogP contribution in [0.25, 0.3) is 71.6 Å². The summed E-state index contributed by atoms with van der Waals surface area (Å²) in [5.74, 6) is 0. The van der Waals surface area contributed by atoms with E-state index in [-0.39, 0.29) is 0 Å². The van der Waals surface area contributed by atoms with Crippen molar-refractivity contribution in [2.45, 2.75) is 12.8 Å². The monoisotopic (exact) mass is 486 g/mol. The molecule has 2 aromatic heterocycles. The number of benzene rings is 5. The summed E-state index contributed by atoms with van der Waals surface area (Å²) in [5, 5.41) is 5.14. The van der Waals surface area contributed by atoms with E-state index in [2.05, 4.69) is 137 Å². The topological polar surface area (TPSA) is 20.7 Å². The van der Waals surface area contributed by atoms with Gasteiger partial charge in [0, 0.05) is 38.3 Å². The van der Waals surface area contributed by atoms with E-state index >= 15 is 0 Å². The Morgan fingerprint density at radius 2 is 1.39 bits per heavy atom. The van der Waals surface area contributed by atoms with E-state index in [1.54, 1.807) is 0 Å². The number of H-pyrrole nitrogens is 1. The predicted octanol–water partition coefficient (Wildman–Crippen LogP) is 9.95. The molecular formula is C36H26N2. The van der Waals surface area contributed by atoms with Crippen LogP contribution >= 0.6 is 0 Å². The summed E-state index contributed by atoms with van der Waals surface area (Å²) >= 11 is 0. The number of aromatic nitrogens is 2. The zero-order valence-corrected chi connectivity index (χ0v) is 21.0. The van der Waals surface area contributed by atoms with Gasteiger partial charge in [0.1, 0.15) is 0 Å². The number of hydrogen-bond donors (Lipinski definition) is 1. The zero-order chi connectivity index (χ0) is 25.1. The van der Waals surface area contributed by atoms with Crippen LogP contribution in [0.3, 0.4) is 0 Å². The Kier molecular flexibility index (Phi) is 4.68. The van der Waals surface area contributed by atoms with E-state index < -0.39 is 0 Å². The van der Waals surface area contributed by atoms with Gasteiger partial charge in [-0.3, -0.25) is 0 Å². The van der Waals surface area contributed by atoms with Crippen molar-refractivity contribution in [3.8, 4) is 22.3 Å². The fraction of sp³-hybridized carbons (Fsp3) is 0.0556. The fourth-order valence-corrected chi connectivity index (χ4v) is 6.31. The third-order valence-corrected chi connectivity index (χ3v) is 8.00. The highest BCUT2D eigenvalue weighted by atomic mass is 15.0. The molecule has 0 aliphatic heterocycles. The van der Waals surface area contributed by atoms with Gasteiger partial charge in [-0.05, 0) is 71.5 Å². The molecule has 0 bridgehead atoms. The minimum Gasteiger partial charge on any atom is -0.354 e. The van der Waals surface area contributed by atoms with Crippen LogP contribution in [-0.2, 0) is 0 Å². The van der Waals surface area contributed by atoms with Crippen LogP contribution < -0.4 is 0 Å². The molecule has 0 spiro atoms. The van der Waals surface area contributed by atoms with Gasteiger partial charge in [0.25, 0.3) is 0 Å². The molecule has 0 atom stereocenters. The van der Waals surface area contributed by atoms with Crippen molar-refractivity contribution in [2.75, 3.05) is 0 Å². The molecule has 2 heterocycles. The molecule has 1 aliphatic rings. The first-order chi connectivity index (χ1) is 18.9. The first-order valence-electron chi connectivity index (χ1n) is 13.4. The van der Waals surface area contributed by atoms with Gasteiger partial charge in [0.2, 0.25) is 0 Å². The second-order valence-corrected chi connectivity index (χ2v) is 10.2. The maximum Gasteiger partial charge on any atom is 0.0538 e. The number of nitrogens with zero attached hydrogens (tertiary/aromatic N) is 1. The van der Waals surface area contributed by atoms with Gasteiger partial charge in [-0.25, -0.2) is 0 Å². The van der Waals surface area contributed by atoms with Crippen molar-refractivity contribution in [1.82, 2.24) is 9.55 Å². The van der Waals surface area contributed by atoms with Crippen LogP contribution in [0.5, 0.6) is 0 Å². The largest absolute Gasteiger partial charge is 0.354 e. The molecule has 2 nitrogen and oxygen atoms in total. The van der Waals surface area contributed by atoms with E-state index in [4.69, 9.17) is 0 Å². The van der Waals surface area contributed by atoms with E-state index in [9.17, 15) is 0 Å². The van der Waals surface area contributed by atoms with E-state index in [1.165, 1.54) is 71.6 Å². The molecule has 0 unspecified atom stereocenters. The summed E-state index contributed by atoms with van der Waals surface area (Å²) in [5.41, 5.74) is 11.2. The third-order valence-electron chi connectivity index (χ3n) is 8.00. The highest BCUT2D eigenvalue weighted by Gasteiger charge is 2.19. The Hall–Kier alpha value is -4.82. The molecule has 0 radical (unpaired) electrons. The molecule has 0 saturated heterocycles. The quantitative estimate of drug-likeness (QED) is 0.256. The number of rotatable bonds is 3. The summed E-state index contributed by atoms with van der Waals surface area (Å²) in [4.78, 5) is 3.66. The molecule has 1 aliphatic carbocycles. The number of nitrogens with one attached hydrogen (secondary N) is 1. The van der Waals surface area contributed by atoms with Crippen molar-refractivity contribution >= 4 is 49.3 Å². The summed E-state index contributed by atoms with van der Waals surface area (Å²) in [7, 11) is 0. The first-order valence-corrected chi connectivity index (χ1v) is 13.4. The fourth-order valence-electron chi connectivity index (χ4n) is 6.31. The standard InChI is InChI=1S/C36H26N2/c1-3-11-24(12-4-1)27-20-21-32-36(29-16-7-9-17-31(29)37-32)35(27)25-19-22-34-30(23-25)28-15-8-10-18-33(28)38(34)26-13-5-2-6-14-26/h1-5,7-13,15-23,37H,6,14H2. The third kappa shape index (κ3) is 3.13. The van der Waals surface area contributed by atoms with Crippen molar-refractivity contribution in [3.05, 3.63) is 127 Å². The highest BCUT2D eigenvalue weighted by molar-refractivity contribution is 6.19. The number of para-hydroxylation sites is 2. The van der Waals surface area contributed by atoms with Crippen LogP contribution in [0.4, 0.5) is 0 Å². The van der Waals surface area contributed by atoms with Gasteiger partial charge in [0.15, 0.2) is 0 Å². The van der Waals surface area contributed by atoms with E-state index in [1.807, 2.05) is 0 Å². The van der Waals surface area contributed by atoms with Crippen molar-refractivity contribution in [1.29, 1.82) is 0 Å². The van der Waals surface area contributed by atoms with E-state index in [0.29, 0.717) is 0 Å². The number of hydrogen-bond acceptors (Lipinski definition) is 0. The Morgan fingerprint density at radius 1 is 0.605 bits per heavy atom. The molecule has 0 fully saturated rings. The van der Waals surface area contributed by atoms with Crippen LogP contribution in [0, 0.1) is 0 Å². The average Bonchev–Trinajstić information content (AvgIpc) is 3.53. The Bertz CT molecular complexity index is 2070. The molecule has 180 valence electrons. The SMILES string of the molecule is C1=CCCC(n2c3ccccc3c3cc(-c4c(-c5ccccc5)ccc5[nH]c6ccccc6c45)ccc32)=C1. The first kappa shape index (κ1) is 21.3. The minimum atomic E-state index is 1.05. The van der Waals surface area contributed by atoms with E-state index in [0.717, 1.165) is 12.8 Å². The van der Waals surface area contributed by atoms with Gasteiger partial charge in [0.05, 0.1) is 11.0 Å². The second kappa shape index (κ2) is 8.36. The number of allylic oxidation sites excluding steroid dienone is 4. The normalized spacial score (nSPS) is 13.6. The highest BCUT2D eigenvalue weighted by Crippen LogP contribution is 2.43. The summed E-state index contributed by atoms with van der Waals surface area (Å²) < 4.78 is 2.46. The maximum absolute atomic E-state index is 3.66. The Morgan fingerprint density at radius 3 is 2.26 bits per heavy atom. The molecule has 8 rings (SSSR count). The smallest absolute Gasteiger partial charge is 0.0538 e. The van der Waals surface area contributed by atoms with Crippen LogP contribution in [0.15, 0.2) is 127 Å². The summed E-state index contributed by atoms with van der Waals surface area (Å²) in [6, 6.07) is 39.8. The Labute approximate surface area is 221 Å². The lowest BCUT2D eigenvalue weighted by atomic mass is 9.90. The lowest BCUT2D eigenvalue weighted by Gasteiger charge is -2.15. The van der Waals surface area contributed by atoms with Crippen molar-refractivity contribution < 1.29 is 0 Å². The van der Waals surface area contributed by atoms with Crippen molar-refractivity contribution in [2.24, 2.45) is 0 Å². The molecule has 2 heteroatoms. The van der Waals surface area contributed by atoms with Crippen LogP contribution in [-0.4, -0.2) is 9.55 Å². The lowest BCUT2D eigenvalue weighted by Crippen LogP contribution is -1.98. The second-order valence-electron chi connectivity index (χ2n) is 10.2. The van der Waals surface area contributed by atoms with Crippen molar-refractivity contribution in [3.63, 3.8) is 0 Å². The summed E-state index contributed by atoms with van der Waals surface area (Å²) in [6.45, 7) is 0. The predicted molar refractivity (Wildman–Crippen MR) is 162 cm³/mol. The Balaban J connectivity index is 1.48. The molecular weight excluding hydrogens is 460 g/mol. The van der Waals surface area contributed by atoms with Gasteiger partial charge < -0.3 is 9.55 Å². The van der Waals surface area contributed by atoms with Gasteiger partial charge in [-0.15, -0.1) is 0 Å². The molecule has 0 saturated carbocycles. The lowest BCUT2D eigenvalue weighted by molar-refractivity contribution is 0.979. The molecule has 0 amide bonds. The van der Waals surface area contributed by atoms with Crippen LogP contribution in [0.2, 0.25) is 0 Å². The van der Waals surface area contributed by atoms with Gasteiger partial charge in [-0.2, -0.15) is 0 Å². The minimum absolute atomic E-state index is 1.05. The zero-order valence-electron chi connectivity index (χ0n) is 21.0. The molecule has 5 aromatic carbocycles. The van der Waals surface area contributed by atoms with Gasteiger partial charge >= 0.3 is 0 Å². The average molecular weight is 487 g/mol.